The zero-order valence-corrected chi connectivity index (χ0v) is 15.6. The van der Waals surface area contributed by atoms with Crippen LogP contribution in [0.25, 0.3) is 0 Å². The van der Waals surface area contributed by atoms with E-state index in [2.05, 4.69) is 0 Å². The fourth-order valence-electron chi connectivity index (χ4n) is 2.31. The summed E-state index contributed by atoms with van der Waals surface area (Å²) in [4.78, 5) is 11.6. The number of hydrogen-bond acceptors (Lipinski definition) is 4. The van der Waals surface area contributed by atoms with Gasteiger partial charge in [-0.3, -0.25) is 4.79 Å². The van der Waals surface area contributed by atoms with Crippen LogP contribution < -0.4 is 9.47 Å². The van der Waals surface area contributed by atoms with E-state index >= 15 is 0 Å². The lowest BCUT2D eigenvalue weighted by molar-refractivity contribution is -0.142. The molecule has 0 radical (unpaired) electrons. The average Bonchev–Trinajstić information content (AvgIpc) is 2.63. The van der Waals surface area contributed by atoms with Crippen molar-refractivity contribution in [2.75, 3.05) is 6.61 Å². The normalized spacial score (nSPS) is 11.8. The highest BCUT2D eigenvalue weighted by Crippen LogP contribution is 2.31. The summed E-state index contributed by atoms with van der Waals surface area (Å²) >= 11 is 0. The van der Waals surface area contributed by atoms with Gasteiger partial charge in [-0.05, 0) is 68.0 Å². The SMILES string of the molecule is CCC=C(CC(=O)OCC)Oc1ccc(Oc2ccc(C(F)(F)F)cc2)cc1. The van der Waals surface area contributed by atoms with Crippen LogP contribution in [-0.2, 0) is 15.7 Å². The molecule has 0 saturated carbocycles. The highest BCUT2D eigenvalue weighted by molar-refractivity contribution is 5.72. The van der Waals surface area contributed by atoms with E-state index in [-0.39, 0.29) is 18.1 Å². The highest BCUT2D eigenvalue weighted by atomic mass is 19.4. The Balaban J connectivity index is 2.00. The number of carbonyl (C=O) groups excluding carboxylic acids is 1. The summed E-state index contributed by atoms with van der Waals surface area (Å²) in [5, 5.41) is 0. The minimum absolute atomic E-state index is 0.0332. The number of alkyl halides is 3. The largest absolute Gasteiger partial charge is 0.466 e. The Morgan fingerprint density at radius 3 is 1.96 bits per heavy atom. The van der Waals surface area contributed by atoms with Gasteiger partial charge in [0.25, 0.3) is 0 Å². The monoisotopic (exact) mass is 394 g/mol. The maximum atomic E-state index is 12.6. The van der Waals surface area contributed by atoms with Gasteiger partial charge in [-0.2, -0.15) is 13.2 Å². The Morgan fingerprint density at radius 2 is 1.46 bits per heavy atom. The Labute approximate surface area is 161 Å². The predicted molar refractivity (Wildman–Crippen MR) is 98.2 cm³/mol. The number of ether oxygens (including phenoxy) is 3. The van der Waals surface area contributed by atoms with Crippen LogP contribution in [0, 0.1) is 0 Å². The fraction of sp³-hybridized carbons (Fsp3) is 0.286. The Bertz CT molecular complexity index is 794. The summed E-state index contributed by atoms with van der Waals surface area (Å²) in [7, 11) is 0. The quantitative estimate of drug-likeness (QED) is 0.399. The topological polar surface area (TPSA) is 44.8 Å². The van der Waals surface area contributed by atoms with Gasteiger partial charge in [-0.1, -0.05) is 6.92 Å². The summed E-state index contributed by atoms with van der Waals surface area (Å²) in [5.74, 6) is 1.35. The molecule has 0 bridgehead atoms. The maximum absolute atomic E-state index is 12.6. The number of halogens is 3. The third-order valence-electron chi connectivity index (χ3n) is 3.55. The second-order valence-corrected chi connectivity index (χ2v) is 5.76. The van der Waals surface area contributed by atoms with Gasteiger partial charge in [0.05, 0.1) is 12.2 Å². The van der Waals surface area contributed by atoms with Crippen molar-refractivity contribution < 1.29 is 32.2 Å². The molecule has 2 aromatic rings. The third-order valence-corrected chi connectivity index (χ3v) is 3.55. The van der Waals surface area contributed by atoms with Gasteiger partial charge in [-0.15, -0.1) is 0 Å². The van der Waals surface area contributed by atoms with E-state index in [4.69, 9.17) is 14.2 Å². The number of benzene rings is 2. The van der Waals surface area contributed by atoms with Crippen molar-refractivity contribution >= 4 is 5.97 Å². The molecule has 7 heteroatoms. The molecule has 2 rings (SSSR count). The molecule has 0 aromatic heterocycles. The van der Waals surface area contributed by atoms with Crippen molar-refractivity contribution in [1.29, 1.82) is 0 Å². The molecular weight excluding hydrogens is 373 g/mol. The van der Waals surface area contributed by atoms with Gasteiger partial charge < -0.3 is 14.2 Å². The van der Waals surface area contributed by atoms with E-state index < -0.39 is 11.7 Å². The van der Waals surface area contributed by atoms with Gasteiger partial charge in [0.2, 0.25) is 0 Å². The summed E-state index contributed by atoms with van der Waals surface area (Å²) < 4.78 is 53.9. The van der Waals surface area contributed by atoms with E-state index in [1.807, 2.05) is 6.92 Å². The lowest BCUT2D eigenvalue weighted by atomic mass is 10.2. The zero-order chi connectivity index (χ0) is 20.6. The molecular formula is C21H21F3O4. The first-order valence-electron chi connectivity index (χ1n) is 8.79. The van der Waals surface area contributed by atoms with E-state index in [0.717, 1.165) is 12.1 Å². The number of esters is 1. The summed E-state index contributed by atoms with van der Waals surface area (Å²) in [6, 6.07) is 11.0. The molecule has 0 unspecified atom stereocenters. The van der Waals surface area contributed by atoms with Gasteiger partial charge in [0, 0.05) is 0 Å². The van der Waals surface area contributed by atoms with Gasteiger partial charge in [-0.25, -0.2) is 0 Å². The number of rotatable bonds is 8. The molecule has 0 N–H and O–H groups in total. The van der Waals surface area contributed by atoms with Crippen molar-refractivity contribution in [2.24, 2.45) is 0 Å². The molecule has 0 atom stereocenters. The third kappa shape index (κ3) is 6.64. The van der Waals surface area contributed by atoms with Gasteiger partial charge >= 0.3 is 12.1 Å². The first-order chi connectivity index (χ1) is 13.3. The summed E-state index contributed by atoms with van der Waals surface area (Å²) in [6.07, 6.45) is -1.86. The van der Waals surface area contributed by atoms with Gasteiger partial charge in [0.15, 0.2) is 0 Å². The summed E-state index contributed by atoms with van der Waals surface area (Å²) in [6.45, 7) is 3.96. The molecule has 150 valence electrons. The fourth-order valence-corrected chi connectivity index (χ4v) is 2.31. The lowest BCUT2D eigenvalue weighted by Gasteiger charge is -2.11. The van der Waals surface area contributed by atoms with Crippen LogP contribution in [0.3, 0.4) is 0 Å². The van der Waals surface area contributed by atoms with Crippen molar-refractivity contribution in [2.45, 2.75) is 32.9 Å². The van der Waals surface area contributed by atoms with E-state index in [9.17, 15) is 18.0 Å². The van der Waals surface area contributed by atoms with Crippen molar-refractivity contribution in [3.8, 4) is 17.2 Å². The van der Waals surface area contributed by atoms with Crippen LogP contribution >= 0.6 is 0 Å². The molecule has 4 nitrogen and oxygen atoms in total. The number of carbonyl (C=O) groups is 1. The predicted octanol–water partition coefficient (Wildman–Crippen LogP) is 6.12. The Kier molecular flexibility index (Phi) is 7.49. The molecule has 0 spiro atoms. The first-order valence-corrected chi connectivity index (χ1v) is 8.79. The zero-order valence-electron chi connectivity index (χ0n) is 15.6. The van der Waals surface area contributed by atoms with Crippen molar-refractivity contribution in [1.82, 2.24) is 0 Å². The summed E-state index contributed by atoms with van der Waals surface area (Å²) in [5.41, 5.74) is -0.736. The van der Waals surface area contributed by atoms with Crippen LogP contribution in [0.4, 0.5) is 13.2 Å². The second kappa shape index (κ2) is 9.82. The molecule has 0 aliphatic rings. The highest BCUT2D eigenvalue weighted by Gasteiger charge is 2.30. The molecule has 0 aliphatic heterocycles. The number of allylic oxidation sites excluding steroid dienone is 1. The molecule has 0 saturated heterocycles. The molecule has 28 heavy (non-hydrogen) atoms. The van der Waals surface area contributed by atoms with Crippen LogP contribution in [-0.4, -0.2) is 12.6 Å². The van der Waals surface area contributed by atoms with Crippen molar-refractivity contribution in [3.63, 3.8) is 0 Å². The number of hydrogen-bond donors (Lipinski definition) is 0. The van der Waals surface area contributed by atoms with Crippen LogP contribution in [0.5, 0.6) is 17.2 Å². The second-order valence-electron chi connectivity index (χ2n) is 5.76. The molecule has 0 aliphatic carbocycles. The van der Waals surface area contributed by atoms with Crippen LogP contribution in [0.2, 0.25) is 0 Å². The molecule has 0 fully saturated rings. The first kappa shape index (κ1) is 21.3. The van der Waals surface area contributed by atoms with Gasteiger partial charge in [0.1, 0.15) is 29.4 Å². The molecule has 2 aromatic carbocycles. The van der Waals surface area contributed by atoms with E-state index in [0.29, 0.717) is 30.3 Å². The Morgan fingerprint density at radius 1 is 0.929 bits per heavy atom. The smallest absolute Gasteiger partial charge is 0.416 e. The van der Waals surface area contributed by atoms with E-state index in [1.165, 1.54) is 12.1 Å². The molecule has 0 amide bonds. The van der Waals surface area contributed by atoms with Crippen molar-refractivity contribution in [3.05, 3.63) is 65.9 Å². The maximum Gasteiger partial charge on any atom is 0.416 e. The van der Waals surface area contributed by atoms with E-state index in [1.54, 1.807) is 37.3 Å². The average molecular weight is 394 g/mol. The minimum Gasteiger partial charge on any atom is -0.466 e. The van der Waals surface area contributed by atoms with Crippen LogP contribution in [0.1, 0.15) is 32.3 Å². The Hall–Kier alpha value is -2.96. The minimum atomic E-state index is -4.38. The van der Waals surface area contributed by atoms with Crippen LogP contribution in [0.15, 0.2) is 60.4 Å². The lowest BCUT2D eigenvalue weighted by Crippen LogP contribution is -2.08. The standard InChI is InChI=1S/C21H21F3O4/c1-3-5-19(14-20(25)26-4-2)28-18-12-10-17(11-13-18)27-16-8-6-15(7-9-16)21(22,23)24/h5-13H,3-4,14H2,1-2H3. The molecule has 0 heterocycles.